The van der Waals surface area contributed by atoms with Crippen LogP contribution in [0.2, 0.25) is 0 Å². The maximum Gasteiger partial charge on any atom is 0.271 e. The van der Waals surface area contributed by atoms with Crippen molar-refractivity contribution in [3.8, 4) is 17.0 Å². The predicted octanol–water partition coefficient (Wildman–Crippen LogP) is 1.68. The Bertz CT molecular complexity index is 683. The Morgan fingerprint density at radius 3 is 2.88 bits per heavy atom. The molecule has 1 aromatic carbocycles. The summed E-state index contributed by atoms with van der Waals surface area (Å²) in [6, 6.07) is 7.44. The van der Waals surface area contributed by atoms with Crippen molar-refractivity contribution in [1.82, 2.24) is 20.3 Å². The molecule has 0 spiro atoms. The summed E-state index contributed by atoms with van der Waals surface area (Å²) in [5.74, 6) is 0.975. The van der Waals surface area contributed by atoms with Gasteiger partial charge in [0.05, 0.1) is 0 Å². The molecule has 1 aromatic heterocycles. The van der Waals surface area contributed by atoms with Crippen LogP contribution in [0, 0.1) is 5.92 Å². The van der Waals surface area contributed by atoms with Gasteiger partial charge in [0.15, 0.2) is 5.69 Å². The van der Waals surface area contributed by atoms with Gasteiger partial charge < -0.3 is 10.5 Å². The van der Waals surface area contributed by atoms with Gasteiger partial charge in [-0.25, -0.2) is 0 Å². The number of aromatic nitrogens is 3. The Labute approximate surface area is 141 Å². The number of piperidine rings is 1. The lowest BCUT2D eigenvalue weighted by Crippen LogP contribution is -2.37. The van der Waals surface area contributed by atoms with Crippen molar-refractivity contribution < 1.29 is 9.53 Å². The highest BCUT2D eigenvalue weighted by Crippen LogP contribution is 2.22. The highest BCUT2D eigenvalue weighted by Gasteiger charge is 2.16. The minimum absolute atomic E-state index is 0.142. The molecular formula is C17H23N5O2. The van der Waals surface area contributed by atoms with Crippen LogP contribution in [0.3, 0.4) is 0 Å². The van der Waals surface area contributed by atoms with Crippen molar-refractivity contribution in [3.63, 3.8) is 0 Å². The third-order valence-corrected chi connectivity index (χ3v) is 4.33. The molecule has 7 heteroatoms. The normalized spacial score (nSPS) is 18.5. The van der Waals surface area contributed by atoms with Crippen LogP contribution in [-0.2, 0) is 0 Å². The fourth-order valence-corrected chi connectivity index (χ4v) is 3.10. The highest BCUT2D eigenvalue weighted by atomic mass is 16.5. The van der Waals surface area contributed by atoms with Gasteiger partial charge >= 0.3 is 0 Å². The van der Waals surface area contributed by atoms with Crippen molar-refractivity contribution in [2.24, 2.45) is 11.7 Å². The van der Waals surface area contributed by atoms with Gasteiger partial charge in [-0.3, -0.25) is 9.69 Å². The number of nitrogens with two attached hydrogens (primary N) is 1. The molecule has 128 valence electrons. The molecule has 2 aromatic rings. The summed E-state index contributed by atoms with van der Waals surface area (Å²) in [5.41, 5.74) is 6.65. The van der Waals surface area contributed by atoms with E-state index in [1.807, 2.05) is 24.3 Å². The van der Waals surface area contributed by atoms with Gasteiger partial charge in [-0.05, 0) is 49.6 Å². The molecule has 0 saturated carbocycles. The predicted molar refractivity (Wildman–Crippen MR) is 90.7 cm³/mol. The van der Waals surface area contributed by atoms with Gasteiger partial charge in [0, 0.05) is 18.7 Å². The van der Waals surface area contributed by atoms with Crippen molar-refractivity contribution >= 4 is 5.91 Å². The second kappa shape index (κ2) is 7.44. The number of benzene rings is 1. The van der Waals surface area contributed by atoms with E-state index < -0.39 is 5.91 Å². The minimum Gasteiger partial charge on any atom is -0.492 e. The number of carbonyl (C=O) groups excluding carboxylic acids is 1. The topological polar surface area (TPSA) is 97.1 Å². The van der Waals surface area contributed by atoms with Crippen LogP contribution in [0.5, 0.6) is 5.75 Å². The zero-order chi connectivity index (χ0) is 16.9. The first kappa shape index (κ1) is 16.4. The maximum absolute atomic E-state index is 11.3. The lowest BCUT2D eigenvalue weighted by atomic mass is 10.0. The van der Waals surface area contributed by atoms with Crippen LogP contribution >= 0.6 is 0 Å². The third kappa shape index (κ3) is 3.91. The SMILES string of the molecule is CC1CCCN(CCOc2ccc(-c3n[nH]nc3C(N)=O)cc2)C1. The van der Waals surface area contributed by atoms with E-state index in [-0.39, 0.29) is 5.69 Å². The van der Waals surface area contributed by atoms with Crippen LogP contribution in [0.25, 0.3) is 11.3 Å². The summed E-state index contributed by atoms with van der Waals surface area (Å²) >= 11 is 0. The van der Waals surface area contributed by atoms with E-state index in [1.165, 1.54) is 12.8 Å². The molecule has 1 amide bonds. The highest BCUT2D eigenvalue weighted by molar-refractivity contribution is 5.96. The number of amides is 1. The van der Waals surface area contributed by atoms with Gasteiger partial charge in [-0.15, -0.1) is 0 Å². The van der Waals surface area contributed by atoms with Crippen LogP contribution < -0.4 is 10.5 Å². The van der Waals surface area contributed by atoms with Crippen molar-refractivity contribution in [3.05, 3.63) is 30.0 Å². The number of carbonyl (C=O) groups is 1. The van der Waals surface area contributed by atoms with E-state index in [1.54, 1.807) is 0 Å². The number of hydrogen-bond acceptors (Lipinski definition) is 5. The smallest absolute Gasteiger partial charge is 0.271 e. The minimum atomic E-state index is -0.602. The molecule has 1 saturated heterocycles. The largest absolute Gasteiger partial charge is 0.492 e. The fourth-order valence-electron chi connectivity index (χ4n) is 3.10. The van der Waals surface area contributed by atoms with E-state index in [2.05, 4.69) is 27.2 Å². The summed E-state index contributed by atoms with van der Waals surface area (Å²) < 4.78 is 5.82. The van der Waals surface area contributed by atoms with Gasteiger partial charge in [0.25, 0.3) is 5.91 Å². The molecule has 2 heterocycles. The van der Waals surface area contributed by atoms with Gasteiger partial charge in [0.2, 0.25) is 0 Å². The standard InChI is InChI=1S/C17H23N5O2/c1-12-3-2-8-22(11-12)9-10-24-14-6-4-13(5-7-14)15-16(17(18)23)20-21-19-15/h4-7,12H,2-3,8-11H2,1H3,(H2,18,23)(H,19,20,21). The Morgan fingerprint density at radius 2 is 2.17 bits per heavy atom. The molecule has 7 nitrogen and oxygen atoms in total. The van der Waals surface area contributed by atoms with Crippen LogP contribution in [0.1, 0.15) is 30.3 Å². The number of rotatable bonds is 6. The molecule has 1 unspecified atom stereocenters. The first-order chi connectivity index (χ1) is 11.6. The van der Waals surface area contributed by atoms with E-state index in [0.29, 0.717) is 12.3 Å². The summed E-state index contributed by atoms with van der Waals surface area (Å²) in [5, 5.41) is 10.2. The Kier molecular flexibility index (Phi) is 5.10. The van der Waals surface area contributed by atoms with E-state index in [4.69, 9.17) is 10.5 Å². The maximum atomic E-state index is 11.3. The zero-order valence-electron chi connectivity index (χ0n) is 13.9. The second-order valence-corrected chi connectivity index (χ2v) is 6.31. The lowest BCUT2D eigenvalue weighted by molar-refractivity contribution is 0.0996. The average Bonchev–Trinajstić information content (AvgIpc) is 3.05. The molecular weight excluding hydrogens is 306 g/mol. The molecule has 1 atom stereocenters. The van der Waals surface area contributed by atoms with Crippen LogP contribution in [-0.4, -0.2) is 52.5 Å². The van der Waals surface area contributed by atoms with Gasteiger partial charge in [-0.1, -0.05) is 6.92 Å². The number of H-pyrrole nitrogens is 1. The Morgan fingerprint density at radius 1 is 1.38 bits per heavy atom. The molecule has 0 radical (unpaired) electrons. The third-order valence-electron chi connectivity index (χ3n) is 4.33. The van der Waals surface area contributed by atoms with Gasteiger partial charge in [-0.2, -0.15) is 15.4 Å². The zero-order valence-corrected chi connectivity index (χ0v) is 13.9. The summed E-state index contributed by atoms with van der Waals surface area (Å²) in [7, 11) is 0. The van der Waals surface area contributed by atoms with Crippen LogP contribution in [0.15, 0.2) is 24.3 Å². The first-order valence-electron chi connectivity index (χ1n) is 8.29. The number of likely N-dealkylation sites (tertiary alicyclic amines) is 1. The van der Waals surface area contributed by atoms with Crippen LogP contribution in [0.4, 0.5) is 0 Å². The second-order valence-electron chi connectivity index (χ2n) is 6.31. The lowest BCUT2D eigenvalue weighted by Gasteiger charge is -2.30. The van der Waals surface area contributed by atoms with E-state index in [0.717, 1.165) is 36.9 Å². The van der Waals surface area contributed by atoms with Crippen molar-refractivity contribution in [1.29, 1.82) is 0 Å². The van der Waals surface area contributed by atoms with E-state index >= 15 is 0 Å². The Balaban J connectivity index is 1.55. The van der Waals surface area contributed by atoms with Crippen molar-refractivity contribution in [2.75, 3.05) is 26.2 Å². The molecule has 0 aliphatic carbocycles. The summed E-state index contributed by atoms with van der Waals surface area (Å²) in [6.45, 7) is 6.23. The monoisotopic (exact) mass is 329 g/mol. The number of nitrogens with one attached hydrogen (secondary N) is 1. The molecule has 3 rings (SSSR count). The van der Waals surface area contributed by atoms with Gasteiger partial charge in [0.1, 0.15) is 18.1 Å². The summed E-state index contributed by atoms with van der Waals surface area (Å²) in [4.78, 5) is 13.8. The fraction of sp³-hybridized carbons (Fsp3) is 0.471. The number of ether oxygens (including phenoxy) is 1. The molecule has 1 fully saturated rings. The number of hydrogen-bond donors (Lipinski definition) is 2. The summed E-state index contributed by atoms with van der Waals surface area (Å²) in [6.07, 6.45) is 2.60. The van der Waals surface area contributed by atoms with E-state index in [9.17, 15) is 4.79 Å². The Hall–Kier alpha value is -2.41. The average molecular weight is 329 g/mol. The number of aromatic amines is 1. The van der Waals surface area contributed by atoms with Crippen molar-refractivity contribution in [2.45, 2.75) is 19.8 Å². The molecule has 1 aliphatic rings. The first-order valence-corrected chi connectivity index (χ1v) is 8.29. The molecule has 24 heavy (non-hydrogen) atoms. The molecule has 1 aliphatic heterocycles. The quantitative estimate of drug-likeness (QED) is 0.840. The molecule has 3 N–H and O–H groups in total. The number of primary amides is 1. The molecule has 0 bridgehead atoms. The number of nitrogens with zero attached hydrogens (tertiary/aromatic N) is 3.